The number of carboxylic acid groups (broad SMARTS) is 1. The van der Waals surface area contributed by atoms with Gasteiger partial charge in [0.1, 0.15) is 17.8 Å². The molecular weight excluding hydrogens is 348 g/mol. The van der Waals surface area contributed by atoms with Gasteiger partial charge in [-0.15, -0.1) is 0 Å². The summed E-state index contributed by atoms with van der Waals surface area (Å²) in [5, 5.41) is 23.8. The minimum Gasteiger partial charge on any atom is -0.508 e. The van der Waals surface area contributed by atoms with E-state index in [0.29, 0.717) is 0 Å². The van der Waals surface area contributed by atoms with Gasteiger partial charge in [-0.25, -0.2) is 4.79 Å². The maximum absolute atomic E-state index is 12.6. The lowest BCUT2D eigenvalue weighted by molar-refractivity contribution is -0.142. The summed E-state index contributed by atoms with van der Waals surface area (Å²) in [6.07, 6.45) is 0.303. The van der Waals surface area contributed by atoms with Crippen LogP contribution in [0.2, 0.25) is 0 Å². The monoisotopic (exact) mass is 370 g/mol. The molecule has 0 unspecified atom stereocenters. The number of nitrogens with one attached hydrogen (secondary N) is 2. The van der Waals surface area contributed by atoms with Crippen molar-refractivity contribution in [3.8, 4) is 5.75 Å². The Morgan fingerprint density at radius 1 is 0.852 bits per heavy atom. The number of phenolic OH excluding ortho intramolecular Hbond substituents is 1. The van der Waals surface area contributed by atoms with E-state index in [9.17, 15) is 24.6 Å². The molecule has 0 saturated carbocycles. The number of hydrogen-bond donors (Lipinski definition) is 4. The number of benzene rings is 2. The summed E-state index contributed by atoms with van der Waals surface area (Å²) in [6.45, 7) is 1.29. The number of carbonyl (C=O) groups is 3. The number of carboxylic acids is 1. The highest BCUT2D eigenvalue weighted by Crippen LogP contribution is 2.12. The number of carbonyl (C=O) groups excluding carboxylic acids is 2. The van der Waals surface area contributed by atoms with Gasteiger partial charge < -0.3 is 20.8 Å². The molecule has 0 aliphatic rings. The third-order valence-electron chi connectivity index (χ3n) is 3.97. The van der Waals surface area contributed by atoms with Crippen LogP contribution in [0.4, 0.5) is 0 Å². The Balaban J connectivity index is 2.10. The third-order valence-corrected chi connectivity index (χ3v) is 3.97. The molecule has 7 heteroatoms. The predicted molar refractivity (Wildman–Crippen MR) is 99.1 cm³/mol. The van der Waals surface area contributed by atoms with Crippen LogP contribution in [0.1, 0.15) is 18.1 Å². The van der Waals surface area contributed by atoms with Gasteiger partial charge in [0.05, 0.1) is 0 Å². The van der Waals surface area contributed by atoms with Crippen molar-refractivity contribution in [2.75, 3.05) is 0 Å². The van der Waals surface area contributed by atoms with Gasteiger partial charge >= 0.3 is 5.97 Å². The number of hydrogen-bond acceptors (Lipinski definition) is 4. The fourth-order valence-corrected chi connectivity index (χ4v) is 2.64. The lowest BCUT2D eigenvalue weighted by atomic mass is 10.0. The second kappa shape index (κ2) is 9.38. The molecule has 0 fully saturated rings. The van der Waals surface area contributed by atoms with Crippen LogP contribution in [0.25, 0.3) is 0 Å². The molecule has 2 atom stereocenters. The first kappa shape index (κ1) is 20.0. The second-order valence-corrected chi connectivity index (χ2v) is 6.21. The maximum Gasteiger partial charge on any atom is 0.326 e. The zero-order chi connectivity index (χ0) is 19.8. The highest BCUT2D eigenvalue weighted by molar-refractivity contribution is 5.90. The molecule has 0 heterocycles. The molecule has 0 aliphatic heterocycles. The van der Waals surface area contributed by atoms with Gasteiger partial charge in [0.2, 0.25) is 11.8 Å². The Kier molecular flexibility index (Phi) is 6.93. The van der Waals surface area contributed by atoms with E-state index in [1.165, 1.54) is 19.1 Å². The highest BCUT2D eigenvalue weighted by atomic mass is 16.4. The Bertz CT molecular complexity index is 790. The first-order chi connectivity index (χ1) is 12.8. The number of phenols is 1. The highest BCUT2D eigenvalue weighted by Gasteiger charge is 2.26. The van der Waals surface area contributed by atoms with Crippen LogP contribution in [0, 0.1) is 0 Å². The van der Waals surface area contributed by atoms with Crippen molar-refractivity contribution in [1.29, 1.82) is 0 Å². The van der Waals surface area contributed by atoms with Crippen LogP contribution in [-0.2, 0) is 27.2 Å². The molecule has 7 nitrogen and oxygen atoms in total. The van der Waals surface area contributed by atoms with E-state index < -0.39 is 29.9 Å². The molecule has 0 saturated heterocycles. The molecule has 0 bridgehead atoms. The standard InChI is InChI=1S/C20H22N2O5/c1-13(23)21-17(11-15-7-9-16(24)10-8-15)19(25)22-18(20(26)27)12-14-5-3-2-4-6-14/h2-10,17-18,24H,11-12H2,1H3,(H,21,23)(H,22,25)(H,26,27)/t17-,18-/m0/s1. The van der Waals surface area contributed by atoms with E-state index in [1.807, 2.05) is 6.07 Å². The molecule has 0 aliphatic carbocycles. The molecular formula is C20H22N2O5. The van der Waals surface area contributed by atoms with E-state index in [1.54, 1.807) is 36.4 Å². The predicted octanol–water partition coefficient (Wildman–Crippen LogP) is 1.25. The van der Waals surface area contributed by atoms with Crippen molar-refractivity contribution in [2.24, 2.45) is 0 Å². The lowest BCUT2D eigenvalue weighted by Crippen LogP contribution is -2.52. The minimum absolute atomic E-state index is 0.0908. The Morgan fingerprint density at radius 3 is 1.96 bits per heavy atom. The van der Waals surface area contributed by atoms with Crippen LogP contribution in [0.15, 0.2) is 54.6 Å². The lowest BCUT2D eigenvalue weighted by Gasteiger charge is -2.21. The van der Waals surface area contributed by atoms with Gasteiger partial charge in [-0.1, -0.05) is 42.5 Å². The molecule has 4 N–H and O–H groups in total. The minimum atomic E-state index is -1.15. The van der Waals surface area contributed by atoms with Crippen molar-refractivity contribution in [1.82, 2.24) is 10.6 Å². The second-order valence-electron chi connectivity index (χ2n) is 6.21. The van der Waals surface area contributed by atoms with E-state index in [-0.39, 0.29) is 18.6 Å². The van der Waals surface area contributed by atoms with Gasteiger partial charge in [-0.05, 0) is 23.3 Å². The van der Waals surface area contributed by atoms with Crippen molar-refractivity contribution in [3.05, 3.63) is 65.7 Å². The van der Waals surface area contributed by atoms with Crippen molar-refractivity contribution >= 4 is 17.8 Å². The normalized spacial score (nSPS) is 12.6. The average Bonchev–Trinajstić information content (AvgIpc) is 2.62. The Labute approximate surface area is 157 Å². The van der Waals surface area contributed by atoms with Crippen LogP contribution < -0.4 is 10.6 Å². The SMILES string of the molecule is CC(=O)N[C@@H](Cc1ccc(O)cc1)C(=O)N[C@@H](Cc1ccccc1)C(=O)O. The van der Waals surface area contributed by atoms with Crippen molar-refractivity contribution < 1.29 is 24.6 Å². The fourth-order valence-electron chi connectivity index (χ4n) is 2.64. The number of aromatic hydroxyl groups is 1. The Hall–Kier alpha value is -3.35. The van der Waals surface area contributed by atoms with Crippen LogP contribution in [0.5, 0.6) is 5.75 Å². The summed E-state index contributed by atoms with van der Waals surface area (Å²) in [5.74, 6) is -2.04. The van der Waals surface area contributed by atoms with E-state index in [4.69, 9.17) is 0 Å². The summed E-state index contributed by atoms with van der Waals surface area (Å²) < 4.78 is 0. The number of rotatable bonds is 8. The molecule has 2 aromatic carbocycles. The largest absolute Gasteiger partial charge is 0.508 e. The first-order valence-electron chi connectivity index (χ1n) is 8.47. The van der Waals surface area contributed by atoms with Gasteiger partial charge in [0, 0.05) is 19.8 Å². The van der Waals surface area contributed by atoms with Gasteiger partial charge in [0.25, 0.3) is 0 Å². The quantitative estimate of drug-likeness (QED) is 0.558. The fraction of sp³-hybridized carbons (Fsp3) is 0.250. The van der Waals surface area contributed by atoms with Gasteiger partial charge in [-0.2, -0.15) is 0 Å². The maximum atomic E-state index is 12.6. The third kappa shape index (κ3) is 6.47. The summed E-state index contributed by atoms with van der Waals surface area (Å²) in [4.78, 5) is 35.6. The van der Waals surface area contributed by atoms with E-state index in [0.717, 1.165) is 11.1 Å². The van der Waals surface area contributed by atoms with Crippen molar-refractivity contribution in [3.63, 3.8) is 0 Å². The summed E-state index contributed by atoms with van der Waals surface area (Å²) in [6, 6.07) is 13.2. The molecule has 27 heavy (non-hydrogen) atoms. The molecule has 2 amide bonds. The Morgan fingerprint density at radius 2 is 1.41 bits per heavy atom. The van der Waals surface area contributed by atoms with Crippen LogP contribution in [0.3, 0.4) is 0 Å². The van der Waals surface area contributed by atoms with Crippen LogP contribution >= 0.6 is 0 Å². The number of amides is 2. The number of aliphatic carboxylic acids is 1. The molecule has 0 spiro atoms. The van der Waals surface area contributed by atoms with E-state index in [2.05, 4.69) is 10.6 Å². The summed E-state index contributed by atoms with van der Waals surface area (Å²) >= 11 is 0. The molecule has 2 rings (SSSR count). The topological polar surface area (TPSA) is 116 Å². The first-order valence-corrected chi connectivity index (χ1v) is 8.47. The van der Waals surface area contributed by atoms with E-state index >= 15 is 0 Å². The van der Waals surface area contributed by atoms with Gasteiger partial charge in [-0.3, -0.25) is 9.59 Å². The molecule has 0 radical (unpaired) electrons. The van der Waals surface area contributed by atoms with Crippen LogP contribution in [-0.4, -0.2) is 40.1 Å². The summed E-state index contributed by atoms with van der Waals surface area (Å²) in [5.41, 5.74) is 1.50. The summed E-state index contributed by atoms with van der Waals surface area (Å²) in [7, 11) is 0. The molecule has 142 valence electrons. The van der Waals surface area contributed by atoms with Crippen molar-refractivity contribution in [2.45, 2.75) is 31.8 Å². The zero-order valence-electron chi connectivity index (χ0n) is 14.9. The smallest absolute Gasteiger partial charge is 0.326 e. The molecule has 0 aromatic heterocycles. The zero-order valence-corrected chi connectivity index (χ0v) is 14.9. The average molecular weight is 370 g/mol. The molecule has 2 aromatic rings. The van der Waals surface area contributed by atoms with Gasteiger partial charge in [0.15, 0.2) is 0 Å².